The van der Waals surface area contributed by atoms with E-state index < -0.39 is 0 Å². The number of thiophene rings is 1. The van der Waals surface area contributed by atoms with Gasteiger partial charge in [-0.2, -0.15) is 4.98 Å². The number of nitrogens with zero attached hydrogens (tertiary/aromatic N) is 2. The van der Waals surface area contributed by atoms with Crippen molar-refractivity contribution in [1.82, 2.24) is 15.5 Å². The predicted molar refractivity (Wildman–Crippen MR) is 72.2 cm³/mol. The molecule has 102 valence electrons. The average Bonchev–Trinajstić information content (AvgIpc) is 3.11. The fraction of sp³-hybridized carbons (Fsp3) is 0.538. The molecule has 6 heteroatoms. The van der Waals surface area contributed by atoms with E-state index in [1.165, 1.54) is 4.88 Å². The number of aryl methyl sites for hydroxylation is 2. The number of nitrogens with one attached hydrogen (secondary N) is 1. The molecule has 1 atom stereocenters. The Morgan fingerprint density at radius 1 is 1.42 bits per heavy atom. The van der Waals surface area contributed by atoms with Crippen molar-refractivity contribution in [2.45, 2.75) is 25.4 Å². The van der Waals surface area contributed by atoms with Gasteiger partial charge in [-0.25, -0.2) is 0 Å². The van der Waals surface area contributed by atoms with Gasteiger partial charge in [-0.1, -0.05) is 11.2 Å². The van der Waals surface area contributed by atoms with Crippen LogP contribution in [0.1, 0.15) is 29.1 Å². The Morgan fingerprint density at radius 3 is 3.21 bits per heavy atom. The molecule has 19 heavy (non-hydrogen) atoms. The Labute approximate surface area is 116 Å². The summed E-state index contributed by atoms with van der Waals surface area (Å²) in [5, 5.41) is 9.37. The highest BCUT2D eigenvalue weighted by Crippen LogP contribution is 2.17. The molecule has 0 saturated carbocycles. The first-order chi connectivity index (χ1) is 9.42. The predicted octanol–water partition coefficient (Wildman–Crippen LogP) is 1.97. The van der Waals surface area contributed by atoms with Gasteiger partial charge in [0.05, 0.1) is 6.61 Å². The van der Waals surface area contributed by atoms with Crippen molar-refractivity contribution >= 4 is 11.3 Å². The van der Waals surface area contributed by atoms with E-state index in [-0.39, 0.29) is 6.10 Å². The van der Waals surface area contributed by atoms with Crippen molar-refractivity contribution in [3.63, 3.8) is 0 Å². The van der Waals surface area contributed by atoms with Crippen molar-refractivity contribution in [1.29, 1.82) is 0 Å². The summed E-state index contributed by atoms with van der Waals surface area (Å²) in [7, 11) is 0. The molecule has 3 rings (SSSR count). The third-order valence-electron chi connectivity index (χ3n) is 3.09. The van der Waals surface area contributed by atoms with Gasteiger partial charge >= 0.3 is 0 Å². The molecular weight excluding hydrogens is 262 g/mol. The van der Waals surface area contributed by atoms with Crippen molar-refractivity contribution in [2.75, 3.05) is 19.7 Å². The minimum atomic E-state index is -0.0662. The number of ether oxygens (including phenoxy) is 1. The first-order valence-electron chi connectivity index (χ1n) is 6.59. The van der Waals surface area contributed by atoms with Crippen LogP contribution in [0.2, 0.25) is 0 Å². The van der Waals surface area contributed by atoms with Crippen LogP contribution in [0.15, 0.2) is 22.0 Å². The second-order valence-corrected chi connectivity index (χ2v) is 5.58. The molecule has 1 aliphatic rings. The molecule has 0 bridgehead atoms. The number of hydrogen-bond acceptors (Lipinski definition) is 6. The zero-order valence-corrected chi connectivity index (χ0v) is 11.5. The maximum absolute atomic E-state index is 5.59. The molecule has 0 radical (unpaired) electrons. The summed E-state index contributed by atoms with van der Waals surface area (Å²) in [5.74, 6) is 1.37. The van der Waals surface area contributed by atoms with Crippen molar-refractivity contribution in [3.8, 4) is 0 Å². The molecule has 1 saturated heterocycles. The Hall–Kier alpha value is -1.24. The van der Waals surface area contributed by atoms with Crippen molar-refractivity contribution < 1.29 is 9.26 Å². The van der Waals surface area contributed by atoms with Crippen LogP contribution in [0, 0.1) is 0 Å². The van der Waals surface area contributed by atoms with E-state index in [1.807, 2.05) is 0 Å². The van der Waals surface area contributed by atoms with Gasteiger partial charge in [0.2, 0.25) is 11.7 Å². The maximum Gasteiger partial charge on any atom is 0.226 e. The lowest BCUT2D eigenvalue weighted by molar-refractivity contribution is 0.0208. The van der Waals surface area contributed by atoms with E-state index in [1.54, 1.807) is 11.3 Å². The van der Waals surface area contributed by atoms with Gasteiger partial charge < -0.3 is 14.6 Å². The number of aromatic nitrogens is 2. The molecule has 1 aliphatic heterocycles. The average molecular weight is 279 g/mol. The quantitative estimate of drug-likeness (QED) is 0.906. The first kappa shape index (κ1) is 12.8. The number of morpholine rings is 1. The first-order valence-corrected chi connectivity index (χ1v) is 7.47. The Bertz CT molecular complexity index is 492. The molecule has 0 amide bonds. The molecule has 1 N–H and O–H groups in total. The van der Waals surface area contributed by atoms with Gasteiger partial charge in [0, 0.05) is 24.4 Å². The normalized spacial score (nSPS) is 19.7. The highest BCUT2D eigenvalue weighted by atomic mass is 32.1. The summed E-state index contributed by atoms with van der Waals surface area (Å²) >= 11 is 1.79. The molecule has 0 aliphatic carbocycles. The molecule has 0 aromatic carbocycles. The molecule has 3 heterocycles. The summed E-state index contributed by atoms with van der Waals surface area (Å²) in [5.41, 5.74) is 0. The van der Waals surface area contributed by atoms with Gasteiger partial charge in [-0.3, -0.25) is 0 Å². The summed E-state index contributed by atoms with van der Waals surface area (Å²) < 4.78 is 10.9. The van der Waals surface area contributed by atoms with E-state index in [9.17, 15) is 0 Å². The standard InChI is InChI=1S/C13H17N3O2S/c1(3-10-4-2-8-19-10)5-12-15-13(16-18-12)11-9-14-6-7-17-11/h2,4,8,11,14H,1,3,5-7,9H2. The minimum absolute atomic E-state index is 0.0662. The molecule has 2 aromatic rings. The van der Waals surface area contributed by atoms with Gasteiger partial charge in [0.1, 0.15) is 6.10 Å². The molecule has 2 aromatic heterocycles. The number of hydrogen-bond donors (Lipinski definition) is 1. The largest absolute Gasteiger partial charge is 0.367 e. The second kappa shape index (κ2) is 6.27. The number of rotatable bonds is 5. The van der Waals surface area contributed by atoms with Gasteiger partial charge in [-0.05, 0) is 24.3 Å². The summed E-state index contributed by atoms with van der Waals surface area (Å²) in [6.07, 6.45) is 2.86. The van der Waals surface area contributed by atoms with Gasteiger partial charge in [0.25, 0.3) is 0 Å². The summed E-state index contributed by atoms with van der Waals surface area (Å²) in [6.45, 7) is 2.35. The Balaban J connectivity index is 1.50. The molecule has 1 fully saturated rings. The van der Waals surface area contributed by atoms with Crippen molar-refractivity contribution in [3.05, 3.63) is 34.1 Å². The third kappa shape index (κ3) is 3.40. The highest BCUT2D eigenvalue weighted by molar-refractivity contribution is 7.09. The van der Waals surface area contributed by atoms with E-state index >= 15 is 0 Å². The third-order valence-corrected chi connectivity index (χ3v) is 4.03. The zero-order valence-electron chi connectivity index (χ0n) is 10.7. The van der Waals surface area contributed by atoms with E-state index in [0.29, 0.717) is 18.3 Å². The van der Waals surface area contributed by atoms with Crippen LogP contribution in [0.4, 0.5) is 0 Å². The van der Waals surface area contributed by atoms with Crippen LogP contribution in [0.25, 0.3) is 0 Å². The van der Waals surface area contributed by atoms with Gasteiger partial charge in [-0.15, -0.1) is 11.3 Å². The molecule has 0 spiro atoms. The SMILES string of the molecule is c1csc(CCCc2nc(C3CNCCO3)no2)c1. The zero-order chi connectivity index (χ0) is 12.9. The fourth-order valence-electron chi connectivity index (χ4n) is 2.10. The van der Waals surface area contributed by atoms with E-state index in [0.717, 1.165) is 32.4 Å². The van der Waals surface area contributed by atoms with Crippen LogP contribution in [0.3, 0.4) is 0 Å². The lowest BCUT2D eigenvalue weighted by atomic mass is 10.2. The van der Waals surface area contributed by atoms with Gasteiger partial charge in [0.15, 0.2) is 0 Å². The van der Waals surface area contributed by atoms with Crippen LogP contribution < -0.4 is 5.32 Å². The summed E-state index contributed by atoms with van der Waals surface area (Å²) in [6, 6.07) is 4.24. The Kier molecular flexibility index (Phi) is 4.22. The maximum atomic E-state index is 5.59. The molecule has 1 unspecified atom stereocenters. The van der Waals surface area contributed by atoms with Crippen molar-refractivity contribution in [2.24, 2.45) is 0 Å². The topological polar surface area (TPSA) is 60.2 Å². The summed E-state index contributed by atoms with van der Waals surface area (Å²) in [4.78, 5) is 5.82. The van der Waals surface area contributed by atoms with E-state index in [2.05, 4.69) is 33.0 Å². The van der Waals surface area contributed by atoms with Crippen LogP contribution in [-0.2, 0) is 17.6 Å². The smallest absolute Gasteiger partial charge is 0.226 e. The lowest BCUT2D eigenvalue weighted by Gasteiger charge is -2.20. The van der Waals surface area contributed by atoms with Crippen LogP contribution in [-0.4, -0.2) is 29.8 Å². The molecule has 5 nitrogen and oxygen atoms in total. The lowest BCUT2D eigenvalue weighted by Crippen LogP contribution is -2.33. The fourth-order valence-corrected chi connectivity index (χ4v) is 2.85. The van der Waals surface area contributed by atoms with E-state index in [4.69, 9.17) is 9.26 Å². The molecular formula is C13H17N3O2S. The Morgan fingerprint density at radius 2 is 2.42 bits per heavy atom. The van der Waals surface area contributed by atoms with Crippen LogP contribution >= 0.6 is 11.3 Å². The van der Waals surface area contributed by atoms with Crippen LogP contribution in [0.5, 0.6) is 0 Å². The minimum Gasteiger partial charge on any atom is -0.367 e. The monoisotopic (exact) mass is 279 g/mol. The highest BCUT2D eigenvalue weighted by Gasteiger charge is 2.21. The second-order valence-electron chi connectivity index (χ2n) is 4.54.